The second-order valence-electron chi connectivity index (χ2n) is 8.07. The van der Waals surface area contributed by atoms with Crippen LogP contribution in [0.15, 0.2) is 41.4 Å². The summed E-state index contributed by atoms with van der Waals surface area (Å²) >= 11 is 5.92. The molecular formula is C22H25ClF2N4O3S. The van der Waals surface area contributed by atoms with Gasteiger partial charge in [0, 0.05) is 22.3 Å². The van der Waals surface area contributed by atoms with E-state index < -0.39 is 27.6 Å². The van der Waals surface area contributed by atoms with Crippen LogP contribution in [0.1, 0.15) is 41.6 Å². The van der Waals surface area contributed by atoms with Crippen molar-refractivity contribution in [3.8, 4) is 0 Å². The van der Waals surface area contributed by atoms with E-state index in [1.807, 2.05) is 0 Å². The molecule has 0 radical (unpaired) electrons. The highest BCUT2D eigenvalue weighted by atomic mass is 35.5. The fourth-order valence-electron chi connectivity index (χ4n) is 3.58. The van der Waals surface area contributed by atoms with Crippen molar-refractivity contribution in [2.45, 2.75) is 44.7 Å². The number of benzene rings is 2. The summed E-state index contributed by atoms with van der Waals surface area (Å²) in [4.78, 5) is 17.3. The lowest BCUT2D eigenvalue weighted by atomic mass is 9.92. The molecule has 7 nitrogen and oxygen atoms in total. The Bertz CT molecular complexity index is 1150. The van der Waals surface area contributed by atoms with E-state index in [0.29, 0.717) is 31.2 Å². The van der Waals surface area contributed by atoms with Crippen molar-refractivity contribution in [1.82, 2.24) is 10.0 Å². The van der Waals surface area contributed by atoms with Crippen molar-refractivity contribution in [2.75, 3.05) is 11.6 Å². The van der Waals surface area contributed by atoms with Gasteiger partial charge in [0.15, 0.2) is 0 Å². The molecule has 1 aliphatic rings. The molecular weight excluding hydrogens is 474 g/mol. The summed E-state index contributed by atoms with van der Waals surface area (Å²) in [6.45, 7) is 1.59. The first kappa shape index (κ1) is 25.1. The summed E-state index contributed by atoms with van der Waals surface area (Å²) in [5.74, 6) is -1.61. The average Bonchev–Trinajstić information content (AvgIpc) is 2.69. The zero-order valence-corrected chi connectivity index (χ0v) is 19.7. The quantitative estimate of drug-likeness (QED) is 0.429. The number of rotatable bonds is 5. The van der Waals surface area contributed by atoms with Crippen molar-refractivity contribution in [1.29, 1.82) is 0 Å². The number of nitrogens with zero attached hydrogens (tertiary/aromatic N) is 1. The van der Waals surface area contributed by atoms with Gasteiger partial charge in [-0.15, -0.1) is 0 Å². The minimum Gasteiger partial charge on any atom is -0.326 e. The molecule has 3 rings (SSSR count). The molecule has 3 N–H and O–H groups in total. The number of aliphatic imine (C=N–C) groups is 1. The van der Waals surface area contributed by atoms with Crippen LogP contribution < -0.4 is 15.4 Å². The van der Waals surface area contributed by atoms with E-state index in [-0.39, 0.29) is 34.3 Å². The molecule has 0 spiro atoms. The number of halogens is 3. The Morgan fingerprint density at radius 2 is 1.79 bits per heavy atom. The third-order valence-electron chi connectivity index (χ3n) is 5.18. The van der Waals surface area contributed by atoms with Gasteiger partial charge in [-0.05, 0) is 68.5 Å². The Balaban J connectivity index is 1.79. The monoisotopic (exact) mass is 498 g/mol. The van der Waals surface area contributed by atoms with Crippen LogP contribution in [0.3, 0.4) is 0 Å². The van der Waals surface area contributed by atoms with Gasteiger partial charge in [0.2, 0.25) is 16.0 Å². The van der Waals surface area contributed by atoms with Crippen LogP contribution in [-0.4, -0.2) is 38.6 Å². The molecule has 2 aromatic rings. The van der Waals surface area contributed by atoms with Crippen LogP contribution in [0, 0.1) is 18.6 Å². The van der Waals surface area contributed by atoms with Gasteiger partial charge in [0.25, 0.3) is 5.91 Å². The van der Waals surface area contributed by atoms with Gasteiger partial charge in [0.05, 0.1) is 12.3 Å². The van der Waals surface area contributed by atoms with E-state index in [4.69, 9.17) is 11.6 Å². The van der Waals surface area contributed by atoms with Gasteiger partial charge < -0.3 is 5.32 Å². The Hall–Kier alpha value is -2.56. The minimum absolute atomic E-state index is 0.0576. The molecule has 0 atom stereocenters. The van der Waals surface area contributed by atoms with Gasteiger partial charge in [-0.25, -0.2) is 26.9 Å². The summed E-state index contributed by atoms with van der Waals surface area (Å²) in [5, 5.41) is 5.66. The standard InChI is InChI=1S/C22H25ClF2N4O3S/c1-13-3-4-14(9-20(13)25)21(30)28-22(27-19-11-15(23)10-16(24)12-19)26-17-5-7-18(8-6-17)29-33(2,31)32/h3-4,9-12,17-18,29H,5-8H2,1-2H3,(H2,26,27,28,30). The molecule has 0 aliphatic heterocycles. The van der Waals surface area contributed by atoms with Gasteiger partial charge in [-0.2, -0.15) is 0 Å². The van der Waals surface area contributed by atoms with Crippen LogP contribution >= 0.6 is 11.6 Å². The topological polar surface area (TPSA) is 99.7 Å². The lowest BCUT2D eigenvalue weighted by Gasteiger charge is -2.27. The van der Waals surface area contributed by atoms with Gasteiger partial charge >= 0.3 is 0 Å². The fraction of sp³-hybridized carbons (Fsp3) is 0.364. The largest absolute Gasteiger partial charge is 0.326 e. The number of aryl methyl sites for hydroxylation is 1. The predicted octanol–water partition coefficient (Wildman–Crippen LogP) is 3.98. The number of carbonyl (C=O) groups is 1. The van der Waals surface area contributed by atoms with E-state index in [2.05, 4.69) is 20.3 Å². The van der Waals surface area contributed by atoms with Crippen molar-refractivity contribution in [3.05, 3.63) is 64.2 Å². The third kappa shape index (κ3) is 7.76. The number of sulfonamides is 1. The number of guanidine groups is 1. The maximum Gasteiger partial charge on any atom is 0.258 e. The van der Waals surface area contributed by atoms with Gasteiger partial charge in [-0.3, -0.25) is 10.1 Å². The zero-order chi connectivity index (χ0) is 24.2. The number of hydrogen-bond acceptors (Lipinski definition) is 4. The summed E-state index contributed by atoms with van der Waals surface area (Å²) in [7, 11) is -3.30. The van der Waals surface area contributed by atoms with Crippen LogP contribution in [0.25, 0.3) is 0 Å². The number of nitrogens with one attached hydrogen (secondary N) is 3. The second kappa shape index (κ2) is 10.6. The molecule has 178 valence electrons. The molecule has 0 bridgehead atoms. The van der Waals surface area contributed by atoms with Crippen molar-refractivity contribution >= 4 is 39.2 Å². The second-order valence-corrected chi connectivity index (χ2v) is 10.3. The molecule has 1 fully saturated rings. The molecule has 0 heterocycles. The van der Waals surface area contributed by atoms with Crippen LogP contribution in [0.5, 0.6) is 0 Å². The third-order valence-corrected chi connectivity index (χ3v) is 6.16. The van der Waals surface area contributed by atoms with Crippen molar-refractivity contribution in [3.63, 3.8) is 0 Å². The lowest BCUT2D eigenvalue weighted by Crippen LogP contribution is -2.40. The SMILES string of the molecule is Cc1ccc(C(=O)NC(=NC2CCC(NS(C)(=O)=O)CC2)Nc2cc(F)cc(Cl)c2)cc1F. The fourth-order valence-corrected chi connectivity index (χ4v) is 4.64. The minimum atomic E-state index is -3.30. The average molecular weight is 499 g/mol. The molecule has 33 heavy (non-hydrogen) atoms. The van der Waals surface area contributed by atoms with E-state index in [1.54, 1.807) is 6.92 Å². The molecule has 1 aliphatic carbocycles. The first-order chi connectivity index (χ1) is 15.5. The van der Waals surface area contributed by atoms with E-state index in [1.165, 1.54) is 24.3 Å². The normalized spacial score (nSPS) is 19.2. The summed E-state index contributed by atoms with van der Waals surface area (Å²) in [6, 6.07) is 7.57. The summed E-state index contributed by atoms with van der Waals surface area (Å²) < 4.78 is 53.2. The van der Waals surface area contributed by atoms with Crippen LogP contribution in [-0.2, 0) is 10.0 Å². The van der Waals surface area contributed by atoms with Crippen LogP contribution in [0.2, 0.25) is 5.02 Å². The van der Waals surface area contributed by atoms with Gasteiger partial charge in [0.1, 0.15) is 11.6 Å². The maximum absolute atomic E-state index is 13.9. The zero-order valence-electron chi connectivity index (χ0n) is 18.2. The van der Waals surface area contributed by atoms with E-state index >= 15 is 0 Å². The molecule has 0 saturated heterocycles. The summed E-state index contributed by atoms with van der Waals surface area (Å²) in [5.41, 5.74) is 0.792. The first-order valence-electron chi connectivity index (χ1n) is 10.3. The molecule has 11 heteroatoms. The molecule has 1 amide bonds. The van der Waals surface area contributed by atoms with Crippen molar-refractivity contribution in [2.24, 2.45) is 4.99 Å². The number of hydrogen-bond donors (Lipinski definition) is 3. The Kier molecular flexibility index (Phi) is 8.04. The number of carbonyl (C=O) groups excluding carboxylic acids is 1. The molecule has 1 saturated carbocycles. The lowest BCUT2D eigenvalue weighted by molar-refractivity contribution is 0.0976. The highest BCUT2D eigenvalue weighted by Gasteiger charge is 2.24. The number of anilines is 1. The Morgan fingerprint density at radius 1 is 1.09 bits per heavy atom. The number of amides is 1. The van der Waals surface area contributed by atoms with E-state index in [0.717, 1.165) is 18.4 Å². The highest BCUT2D eigenvalue weighted by molar-refractivity contribution is 7.88. The highest BCUT2D eigenvalue weighted by Crippen LogP contribution is 2.23. The summed E-state index contributed by atoms with van der Waals surface area (Å²) in [6.07, 6.45) is 3.44. The Morgan fingerprint density at radius 3 is 2.39 bits per heavy atom. The van der Waals surface area contributed by atoms with Crippen LogP contribution in [0.4, 0.5) is 14.5 Å². The van der Waals surface area contributed by atoms with E-state index in [9.17, 15) is 22.0 Å². The first-order valence-corrected chi connectivity index (χ1v) is 12.6. The molecule has 0 aromatic heterocycles. The predicted molar refractivity (Wildman–Crippen MR) is 125 cm³/mol. The Labute approximate surface area is 196 Å². The maximum atomic E-state index is 13.9. The molecule has 0 unspecified atom stereocenters. The van der Waals surface area contributed by atoms with Gasteiger partial charge in [-0.1, -0.05) is 17.7 Å². The smallest absolute Gasteiger partial charge is 0.258 e. The van der Waals surface area contributed by atoms with Crippen molar-refractivity contribution < 1.29 is 22.0 Å². The molecule has 2 aromatic carbocycles.